The Morgan fingerprint density at radius 1 is 1.20 bits per heavy atom. The quantitative estimate of drug-likeness (QED) is 0.178. The van der Waals surface area contributed by atoms with Crippen LogP contribution in [0.2, 0.25) is 0 Å². The Morgan fingerprint density at radius 3 is 1.20 bits per heavy atom. The number of hydrogen-bond donors (Lipinski definition) is 5. The minimum Gasteiger partial charge on any atom is -0.832 e. The molecule has 5 N–H and O–H groups in total. The molecule has 0 fully saturated rings. The minimum absolute atomic E-state index is 0. The van der Waals surface area contributed by atoms with Gasteiger partial charge >= 0.3 is 34.0 Å². The zero-order chi connectivity index (χ0) is 8.08. The molecule has 0 aromatic carbocycles. The Hall–Kier alpha value is 0.652. The summed E-state index contributed by atoms with van der Waals surface area (Å²) in [5.74, 6) is 0. The fourth-order valence-corrected chi connectivity index (χ4v) is 0. The van der Waals surface area contributed by atoms with Gasteiger partial charge in [0.25, 0.3) is 0 Å². The molecule has 0 heterocycles. The smallest absolute Gasteiger partial charge is 0.832 e. The zero-order valence-electron chi connectivity index (χ0n) is 5.08. The maximum Gasteiger partial charge on any atom is 1.00 e. The van der Waals surface area contributed by atoms with Crippen molar-refractivity contribution in [3.63, 3.8) is 0 Å². The van der Waals surface area contributed by atoms with Crippen molar-refractivity contribution in [2.75, 3.05) is 0 Å². The molecule has 0 amide bonds. The van der Waals surface area contributed by atoms with Crippen molar-refractivity contribution in [1.29, 1.82) is 0 Å². The molecular formula is H5BLiO7P. The van der Waals surface area contributed by atoms with Gasteiger partial charge in [-0.05, 0) is 0 Å². The van der Waals surface area contributed by atoms with Crippen LogP contribution in [0.25, 0.3) is 0 Å². The van der Waals surface area contributed by atoms with Crippen molar-refractivity contribution in [2.45, 2.75) is 0 Å². The van der Waals surface area contributed by atoms with Gasteiger partial charge in [-0.25, -0.2) is 4.57 Å². The summed E-state index contributed by atoms with van der Waals surface area (Å²) in [5.41, 5.74) is 0. The van der Waals surface area contributed by atoms with E-state index in [0.29, 0.717) is 0 Å². The molecule has 10 heteroatoms. The summed E-state index contributed by atoms with van der Waals surface area (Å²) in [7, 11) is -7.06. The monoisotopic (exact) mass is 166 g/mol. The van der Waals surface area contributed by atoms with Crippen molar-refractivity contribution in [3.8, 4) is 0 Å². The molecule has 0 aliphatic rings. The largest absolute Gasteiger partial charge is 1.00 e. The second-order valence-electron chi connectivity index (χ2n) is 0.840. The standard InChI is InChI=1S/BH2O3.Li.H3O4P/c2-1(3)4;;1-5(2,3)4/h2-3H;;(H3,1,2,3,4)/q-1;+1;. The van der Waals surface area contributed by atoms with Gasteiger partial charge in [-0.3, -0.25) is 0 Å². The van der Waals surface area contributed by atoms with Crippen molar-refractivity contribution in [2.24, 2.45) is 0 Å². The fraction of sp³-hybridized carbons (Fsp3) is 0. The average Bonchev–Trinajstić information content (AvgIpc) is 1.19. The molecule has 0 saturated carbocycles. The van der Waals surface area contributed by atoms with Gasteiger partial charge in [-0.15, -0.1) is 0 Å². The number of phosphoric acid groups is 1. The van der Waals surface area contributed by atoms with E-state index in [9.17, 15) is 0 Å². The van der Waals surface area contributed by atoms with Crippen molar-refractivity contribution < 1.29 is 53.2 Å². The first kappa shape index (κ1) is 16.9. The molecule has 0 aromatic rings. The van der Waals surface area contributed by atoms with Crippen LogP contribution in [-0.2, 0) is 4.57 Å². The first-order valence-electron chi connectivity index (χ1n) is 1.53. The molecule has 0 radical (unpaired) electrons. The Kier molecular flexibility index (Phi) is 13.1. The molecule has 0 unspecified atom stereocenters. The molecule has 56 valence electrons. The van der Waals surface area contributed by atoms with Crippen LogP contribution in [0.4, 0.5) is 0 Å². The molecule has 0 aliphatic carbocycles. The van der Waals surface area contributed by atoms with Gasteiger partial charge in [-0.1, -0.05) is 0 Å². The number of hydrogen-bond acceptors (Lipinski definition) is 4. The molecule has 0 bridgehead atoms. The van der Waals surface area contributed by atoms with Crippen LogP contribution >= 0.6 is 7.82 Å². The molecule has 0 aliphatic heterocycles. The van der Waals surface area contributed by atoms with E-state index in [2.05, 4.69) is 0 Å². The van der Waals surface area contributed by atoms with Gasteiger partial charge in [0.2, 0.25) is 0 Å². The summed E-state index contributed by atoms with van der Waals surface area (Å²) >= 11 is 0. The van der Waals surface area contributed by atoms with Gasteiger partial charge in [0.15, 0.2) is 0 Å². The summed E-state index contributed by atoms with van der Waals surface area (Å²) in [4.78, 5) is 21.6. The summed E-state index contributed by atoms with van der Waals surface area (Å²) in [6.07, 6.45) is 0. The summed E-state index contributed by atoms with van der Waals surface area (Å²) in [6.45, 7) is 0. The van der Waals surface area contributed by atoms with E-state index in [1.54, 1.807) is 0 Å². The summed E-state index contributed by atoms with van der Waals surface area (Å²) < 4.78 is 8.88. The van der Waals surface area contributed by atoms with E-state index in [1.807, 2.05) is 0 Å². The molecule has 0 aromatic heterocycles. The van der Waals surface area contributed by atoms with E-state index >= 15 is 0 Å². The molecule has 10 heavy (non-hydrogen) atoms. The Bertz CT molecular complexity index is 84.8. The molecule has 0 spiro atoms. The van der Waals surface area contributed by atoms with E-state index < -0.39 is 15.1 Å². The van der Waals surface area contributed by atoms with Crippen LogP contribution in [-0.4, -0.2) is 32.0 Å². The van der Waals surface area contributed by atoms with Crippen LogP contribution in [0.3, 0.4) is 0 Å². The Labute approximate surface area is 68.9 Å². The van der Waals surface area contributed by atoms with Crippen molar-refractivity contribution in [1.82, 2.24) is 0 Å². The van der Waals surface area contributed by atoms with Crippen LogP contribution in [0.1, 0.15) is 0 Å². The zero-order valence-corrected chi connectivity index (χ0v) is 5.97. The van der Waals surface area contributed by atoms with Crippen LogP contribution in [0.15, 0.2) is 0 Å². The van der Waals surface area contributed by atoms with Gasteiger partial charge in [-0.2, -0.15) is 0 Å². The van der Waals surface area contributed by atoms with Crippen molar-refractivity contribution >= 4 is 15.1 Å². The topological polar surface area (TPSA) is 141 Å². The van der Waals surface area contributed by atoms with E-state index in [1.165, 1.54) is 0 Å². The third-order valence-corrected chi connectivity index (χ3v) is 0. The normalized spacial score (nSPS) is 8.60. The molecule has 0 rings (SSSR count). The Balaban J connectivity index is -0.0000000910. The third-order valence-electron chi connectivity index (χ3n) is 0. The van der Waals surface area contributed by atoms with Gasteiger partial charge in [0.05, 0.1) is 0 Å². The van der Waals surface area contributed by atoms with Gasteiger partial charge < -0.3 is 29.8 Å². The van der Waals surface area contributed by atoms with E-state index in [-0.39, 0.29) is 18.9 Å². The first-order chi connectivity index (χ1) is 3.73. The van der Waals surface area contributed by atoms with Crippen molar-refractivity contribution in [3.05, 3.63) is 0 Å². The maximum absolute atomic E-state index is 8.88. The molecule has 0 atom stereocenters. The average molecular weight is 166 g/mol. The van der Waals surface area contributed by atoms with Crippen LogP contribution in [0.5, 0.6) is 0 Å². The predicted molar refractivity (Wildman–Crippen MR) is 24.5 cm³/mol. The second kappa shape index (κ2) is 7.76. The second-order valence-corrected chi connectivity index (χ2v) is 1.87. The minimum atomic E-state index is -4.64. The SMILES string of the molecule is O=P(O)(O)O.[Li+].[O-]B(O)O. The fourth-order valence-electron chi connectivity index (χ4n) is 0. The summed E-state index contributed by atoms with van der Waals surface area (Å²) in [6, 6.07) is 0. The van der Waals surface area contributed by atoms with Crippen LogP contribution < -0.4 is 23.9 Å². The van der Waals surface area contributed by atoms with E-state index in [4.69, 9.17) is 34.3 Å². The van der Waals surface area contributed by atoms with E-state index in [0.717, 1.165) is 0 Å². The third kappa shape index (κ3) is 1190. The van der Waals surface area contributed by atoms with Gasteiger partial charge in [0, 0.05) is 0 Å². The predicted octanol–water partition coefficient (Wildman–Crippen LogP) is -6.61. The van der Waals surface area contributed by atoms with Crippen LogP contribution in [0, 0.1) is 0 Å². The number of rotatable bonds is 0. The summed E-state index contributed by atoms with van der Waals surface area (Å²) in [5, 5.41) is 22.8. The molecule has 0 saturated heterocycles. The Morgan fingerprint density at radius 2 is 1.20 bits per heavy atom. The molecule has 7 nitrogen and oxygen atoms in total. The molecular weight excluding hydrogens is 161 g/mol. The van der Waals surface area contributed by atoms with Gasteiger partial charge in [0.1, 0.15) is 0 Å². The maximum atomic E-state index is 8.88. The first-order valence-corrected chi connectivity index (χ1v) is 3.10.